The molecule has 23 heavy (non-hydrogen) atoms. The minimum absolute atomic E-state index is 0.0999. The van der Waals surface area contributed by atoms with Gasteiger partial charge in [-0.15, -0.1) is 0 Å². The van der Waals surface area contributed by atoms with E-state index in [9.17, 15) is 9.90 Å². The third-order valence-electron chi connectivity index (χ3n) is 8.62. The molecule has 2 nitrogen and oxygen atoms in total. The highest BCUT2D eigenvalue weighted by molar-refractivity contribution is 5.91. The van der Waals surface area contributed by atoms with Crippen LogP contribution in [0.3, 0.4) is 0 Å². The van der Waals surface area contributed by atoms with E-state index >= 15 is 0 Å². The Labute approximate surface area is 140 Å². The van der Waals surface area contributed by atoms with Crippen molar-refractivity contribution in [1.82, 2.24) is 0 Å². The number of allylic oxidation sites excluding steroid dienone is 1. The van der Waals surface area contributed by atoms with Gasteiger partial charge in [0, 0.05) is 6.42 Å². The zero-order chi connectivity index (χ0) is 16.4. The highest BCUT2D eigenvalue weighted by Gasteiger charge is 2.61. The number of fused-ring (bicyclic) bond motifs is 5. The summed E-state index contributed by atoms with van der Waals surface area (Å²) in [4.78, 5) is 11.9. The van der Waals surface area contributed by atoms with Crippen LogP contribution in [-0.2, 0) is 4.79 Å². The highest BCUT2D eigenvalue weighted by atomic mass is 16.3. The molecule has 0 aromatic rings. The number of aliphatic hydroxyl groups is 1. The largest absolute Gasteiger partial charge is 0.393 e. The van der Waals surface area contributed by atoms with Crippen LogP contribution in [0.15, 0.2) is 11.6 Å². The Morgan fingerprint density at radius 1 is 1.22 bits per heavy atom. The fourth-order valence-electron chi connectivity index (χ4n) is 7.38. The summed E-state index contributed by atoms with van der Waals surface area (Å²) in [7, 11) is 0. The summed E-state index contributed by atoms with van der Waals surface area (Å²) in [6.07, 6.45) is 10.7. The van der Waals surface area contributed by atoms with Gasteiger partial charge in [-0.2, -0.15) is 0 Å². The third kappa shape index (κ3) is 2.06. The number of rotatable bonds is 1. The third-order valence-corrected chi connectivity index (χ3v) is 8.62. The number of hydrogen-bond donors (Lipinski definition) is 1. The fourth-order valence-corrected chi connectivity index (χ4v) is 7.38. The summed E-state index contributed by atoms with van der Waals surface area (Å²) >= 11 is 0. The molecule has 0 amide bonds. The zero-order valence-corrected chi connectivity index (χ0v) is 15.0. The Balaban J connectivity index is 1.70. The van der Waals surface area contributed by atoms with E-state index in [1.165, 1.54) is 31.3 Å². The molecule has 3 saturated carbocycles. The first-order valence-corrected chi connectivity index (χ1v) is 9.82. The minimum atomic E-state index is -0.0999. The van der Waals surface area contributed by atoms with Crippen molar-refractivity contribution in [3.8, 4) is 0 Å². The first kappa shape index (κ1) is 15.9. The normalized spacial score (nSPS) is 52.4. The van der Waals surface area contributed by atoms with Crippen LogP contribution >= 0.6 is 0 Å². The molecule has 0 aromatic heterocycles. The molecular weight excluding hydrogens is 284 g/mol. The Morgan fingerprint density at radius 3 is 2.74 bits per heavy atom. The Hall–Kier alpha value is -0.630. The monoisotopic (exact) mass is 316 g/mol. The van der Waals surface area contributed by atoms with Crippen LogP contribution in [0.25, 0.3) is 0 Å². The maximum Gasteiger partial charge on any atom is 0.155 e. The molecule has 128 valence electrons. The predicted octanol–water partition coefficient (Wildman–Crippen LogP) is 4.52. The smallest absolute Gasteiger partial charge is 0.155 e. The number of ketones is 1. The van der Waals surface area contributed by atoms with E-state index in [0.29, 0.717) is 34.9 Å². The zero-order valence-electron chi connectivity index (χ0n) is 15.0. The molecule has 0 spiro atoms. The second-order valence-electron chi connectivity index (χ2n) is 9.34. The van der Waals surface area contributed by atoms with Gasteiger partial charge in [0.15, 0.2) is 5.78 Å². The van der Waals surface area contributed by atoms with Gasteiger partial charge >= 0.3 is 0 Å². The Bertz CT molecular complexity index is 550. The van der Waals surface area contributed by atoms with Crippen LogP contribution in [0, 0.1) is 34.5 Å². The predicted molar refractivity (Wildman–Crippen MR) is 91.9 cm³/mol. The summed E-state index contributed by atoms with van der Waals surface area (Å²) < 4.78 is 0. The molecule has 4 aliphatic carbocycles. The molecular formula is C21H32O2. The van der Waals surface area contributed by atoms with Crippen molar-refractivity contribution in [2.75, 3.05) is 0 Å². The molecule has 0 radical (unpaired) electrons. The molecule has 0 heterocycles. The standard InChI is InChI=1S/C21H32O2/c1-4-13-12-18(23)19-16-6-5-14-11-15(22)7-9-20(14,2)17(16)8-10-21(13,19)3/h11,13,16-19,23H,4-10,12H2,1-3H3/t13-,16+,17-,18?,19+,20-,21+/m0/s1. The van der Waals surface area contributed by atoms with Gasteiger partial charge in [-0.05, 0) is 79.1 Å². The maximum absolute atomic E-state index is 11.9. The van der Waals surface area contributed by atoms with E-state index in [4.69, 9.17) is 0 Å². The average molecular weight is 316 g/mol. The topological polar surface area (TPSA) is 37.3 Å². The molecule has 0 aromatic carbocycles. The number of hydrogen-bond acceptors (Lipinski definition) is 2. The molecule has 0 bridgehead atoms. The average Bonchev–Trinajstić information content (AvgIpc) is 2.79. The first-order valence-electron chi connectivity index (χ1n) is 9.82. The van der Waals surface area contributed by atoms with Crippen molar-refractivity contribution in [2.45, 2.75) is 78.2 Å². The van der Waals surface area contributed by atoms with E-state index in [1.54, 1.807) is 0 Å². The van der Waals surface area contributed by atoms with Crippen molar-refractivity contribution in [3.63, 3.8) is 0 Å². The molecule has 4 aliphatic rings. The van der Waals surface area contributed by atoms with Crippen LogP contribution in [0.2, 0.25) is 0 Å². The van der Waals surface area contributed by atoms with Crippen molar-refractivity contribution >= 4 is 5.78 Å². The number of carbonyl (C=O) groups excluding carboxylic acids is 1. The van der Waals surface area contributed by atoms with Gasteiger partial charge in [-0.3, -0.25) is 4.79 Å². The van der Waals surface area contributed by atoms with Crippen molar-refractivity contribution in [1.29, 1.82) is 0 Å². The van der Waals surface area contributed by atoms with Crippen molar-refractivity contribution < 1.29 is 9.90 Å². The second kappa shape index (κ2) is 5.18. The lowest BCUT2D eigenvalue weighted by atomic mass is 9.46. The molecule has 0 aliphatic heterocycles. The van der Waals surface area contributed by atoms with Crippen LogP contribution in [0.1, 0.15) is 72.1 Å². The van der Waals surface area contributed by atoms with Crippen molar-refractivity contribution in [2.24, 2.45) is 34.5 Å². The summed E-state index contributed by atoms with van der Waals surface area (Å²) in [5.74, 6) is 2.86. The van der Waals surface area contributed by atoms with E-state index in [0.717, 1.165) is 25.7 Å². The van der Waals surface area contributed by atoms with Gasteiger partial charge < -0.3 is 5.11 Å². The van der Waals surface area contributed by atoms with Gasteiger partial charge in [0.1, 0.15) is 0 Å². The molecule has 4 rings (SSSR count). The van der Waals surface area contributed by atoms with Crippen LogP contribution in [0.5, 0.6) is 0 Å². The van der Waals surface area contributed by atoms with Gasteiger partial charge in [0.25, 0.3) is 0 Å². The van der Waals surface area contributed by atoms with Crippen LogP contribution in [0.4, 0.5) is 0 Å². The van der Waals surface area contributed by atoms with E-state index in [-0.39, 0.29) is 11.5 Å². The van der Waals surface area contributed by atoms with Gasteiger partial charge in [0.05, 0.1) is 6.10 Å². The van der Waals surface area contributed by atoms with Crippen LogP contribution < -0.4 is 0 Å². The van der Waals surface area contributed by atoms with Crippen LogP contribution in [-0.4, -0.2) is 17.0 Å². The summed E-state index contributed by atoms with van der Waals surface area (Å²) in [6, 6.07) is 0. The molecule has 0 saturated heterocycles. The molecule has 2 heteroatoms. The molecule has 1 unspecified atom stereocenters. The molecule has 1 N–H and O–H groups in total. The lowest BCUT2D eigenvalue weighted by Crippen LogP contribution is -2.52. The molecule has 3 fully saturated rings. The lowest BCUT2D eigenvalue weighted by molar-refractivity contribution is -0.118. The maximum atomic E-state index is 11.9. The van der Waals surface area contributed by atoms with Gasteiger partial charge in [-0.1, -0.05) is 32.8 Å². The highest BCUT2D eigenvalue weighted by Crippen LogP contribution is 2.66. The Kier molecular flexibility index (Phi) is 3.58. The summed E-state index contributed by atoms with van der Waals surface area (Å²) in [5, 5.41) is 10.9. The number of aliphatic hydroxyl groups excluding tert-OH is 1. The lowest BCUT2D eigenvalue weighted by Gasteiger charge is -2.58. The fraction of sp³-hybridized carbons (Fsp3) is 0.857. The van der Waals surface area contributed by atoms with E-state index in [2.05, 4.69) is 20.8 Å². The summed E-state index contributed by atoms with van der Waals surface area (Å²) in [5.41, 5.74) is 2.00. The first-order chi connectivity index (χ1) is 10.9. The van der Waals surface area contributed by atoms with Gasteiger partial charge in [-0.25, -0.2) is 0 Å². The SMILES string of the molecule is CC[C@H]1CC(O)[C@H]2[C@@H]3CCC4=CC(=O)CC[C@]4(C)[C@H]3CC[C@]12C. The summed E-state index contributed by atoms with van der Waals surface area (Å²) in [6.45, 7) is 7.19. The van der Waals surface area contributed by atoms with Gasteiger partial charge in [0.2, 0.25) is 0 Å². The minimum Gasteiger partial charge on any atom is -0.393 e. The second-order valence-corrected chi connectivity index (χ2v) is 9.34. The van der Waals surface area contributed by atoms with E-state index < -0.39 is 0 Å². The Morgan fingerprint density at radius 2 is 2.00 bits per heavy atom. The quantitative estimate of drug-likeness (QED) is 0.772. The van der Waals surface area contributed by atoms with E-state index in [1.807, 2.05) is 6.08 Å². The van der Waals surface area contributed by atoms with Crippen molar-refractivity contribution in [3.05, 3.63) is 11.6 Å². The number of carbonyl (C=O) groups is 1. The molecule has 7 atom stereocenters.